The van der Waals surface area contributed by atoms with Gasteiger partial charge in [0.15, 0.2) is 0 Å². The summed E-state index contributed by atoms with van der Waals surface area (Å²) in [6.45, 7) is 6.95. The molecule has 2 N–H and O–H groups in total. The standard InChI is InChI=1S/C22H30F3N3O4/c1-21(2,3)32-20(31)26-11-8-18(29)28-12-9-15(10-13-28)14-27-19(30)16-4-6-17(7-5-16)22(23,24)25/h4-7,15H,8-14H2,1-3H3,(H,26,31)(H,27,30). The zero-order valence-corrected chi connectivity index (χ0v) is 18.6. The maximum Gasteiger partial charge on any atom is 0.416 e. The van der Waals surface area contributed by atoms with Gasteiger partial charge in [0.25, 0.3) is 5.91 Å². The lowest BCUT2D eigenvalue weighted by Crippen LogP contribution is -2.42. The number of carbonyl (C=O) groups is 3. The van der Waals surface area contributed by atoms with E-state index in [0.717, 1.165) is 24.3 Å². The van der Waals surface area contributed by atoms with Crippen LogP contribution >= 0.6 is 0 Å². The molecule has 0 spiro atoms. The van der Waals surface area contributed by atoms with Crippen molar-refractivity contribution in [2.45, 2.75) is 51.8 Å². The van der Waals surface area contributed by atoms with E-state index in [2.05, 4.69) is 10.6 Å². The molecule has 7 nitrogen and oxygen atoms in total. The number of piperidine rings is 1. The fourth-order valence-corrected chi connectivity index (χ4v) is 3.28. The Bertz CT molecular complexity index is 796. The minimum atomic E-state index is -4.44. The Balaban J connectivity index is 1.67. The second-order valence-corrected chi connectivity index (χ2v) is 8.79. The lowest BCUT2D eigenvalue weighted by Gasteiger charge is -2.32. The maximum atomic E-state index is 12.6. The lowest BCUT2D eigenvalue weighted by atomic mass is 9.96. The van der Waals surface area contributed by atoms with Gasteiger partial charge in [-0.25, -0.2) is 4.79 Å². The Labute approximate surface area is 185 Å². The molecule has 1 aromatic rings. The van der Waals surface area contributed by atoms with Crippen molar-refractivity contribution in [2.24, 2.45) is 5.92 Å². The molecule has 1 aliphatic heterocycles. The zero-order valence-electron chi connectivity index (χ0n) is 18.6. The first-order valence-corrected chi connectivity index (χ1v) is 10.6. The number of nitrogens with one attached hydrogen (secondary N) is 2. The van der Waals surface area contributed by atoms with Crippen molar-refractivity contribution < 1.29 is 32.3 Å². The Kier molecular flexibility index (Phi) is 8.51. The lowest BCUT2D eigenvalue weighted by molar-refractivity contribution is -0.137. The second-order valence-electron chi connectivity index (χ2n) is 8.79. The average Bonchev–Trinajstić information content (AvgIpc) is 2.70. The molecule has 178 valence electrons. The van der Waals surface area contributed by atoms with Crippen molar-refractivity contribution in [3.63, 3.8) is 0 Å². The van der Waals surface area contributed by atoms with Gasteiger partial charge >= 0.3 is 12.3 Å². The quantitative estimate of drug-likeness (QED) is 0.684. The van der Waals surface area contributed by atoms with Gasteiger partial charge in [-0.05, 0) is 63.8 Å². The van der Waals surface area contributed by atoms with Gasteiger partial charge in [-0.2, -0.15) is 13.2 Å². The minimum Gasteiger partial charge on any atom is -0.444 e. The number of alkyl halides is 3. The third kappa shape index (κ3) is 8.39. The summed E-state index contributed by atoms with van der Waals surface area (Å²) in [5.41, 5.74) is -1.23. The second kappa shape index (κ2) is 10.7. The summed E-state index contributed by atoms with van der Waals surface area (Å²) in [6.07, 6.45) is -3.41. The molecule has 0 aliphatic carbocycles. The Hall–Kier alpha value is -2.78. The molecule has 2 rings (SSSR count). The Morgan fingerprint density at radius 2 is 1.62 bits per heavy atom. The number of likely N-dealkylation sites (tertiary alicyclic amines) is 1. The van der Waals surface area contributed by atoms with Crippen LogP contribution in [0.3, 0.4) is 0 Å². The number of nitrogens with zero attached hydrogens (tertiary/aromatic N) is 1. The number of hydrogen-bond acceptors (Lipinski definition) is 4. The number of rotatable bonds is 6. The number of carbonyl (C=O) groups excluding carboxylic acids is 3. The monoisotopic (exact) mass is 457 g/mol. The summed E-state index contributed by atoms with van der Waals surface area (Å²) in [4.78, 5) is 37.8. The fraction of sp³-hybridized carbons (Fsp3) is 0.591. The van der Waals surface area contributed by atoms with Gasteiger partial charge in [0.1, 0.15) is 5.60 Å². The van der Waals surface area contributed by atoms with E-state index in [9.17, 15) is 27.6 Å². The fourth-order valence-electron chi connectivity index (χ4n) is 3.28. The molecule has 1 heterocycles. The Morgan fingerprint density at radius 1 is 1.03 bits per heavy atom. The van der Waals surface area contributed by atoms with Gasteiger partial charge < -0.3 is 20.3 Å². The number of halogens is 3. The SMILES string of the molecule is CC(C)(C)OC(=O)NCCC(=O)N1CCC(CNC(=O)c2ccc(C(F)(F)F)cc2)CC1. The molecule has 3 amide bonds. The molecule has 0 bridgehead atoms. The van der Waals surface area contributed by atoms with Crippen LogP contribution in [0.15, 0.2) is 24.3 Å². The van der Waals surface area contributed by atoms with Crippen LogP contribution in [0.4, 0.5) is 18.0 Å². The zero-order chi connectivity index (χ0) is 23.9. The van der Waals surface area contributed by atoms with Crippen LogP contribution in [0.2, 0.25) is 0 Å². The van der Waals surface area contributed by atoms with E-state index in [1.807, 2.05) is 0 Å². The number of alkyl carbamates (subject to hydrolysis) is 1. The topological polar surface area (TPSA) is 87.7 Å². The molecule has 1 fully saturated rings. The first kappa shape index (κ1) is 25.5. The van der Waals surface area contributed by atoms with E-state index >= 15 is 0 Å². The molecule has 0 saturated carbocycles. The van der Waals surface area contributed by atoms with Gasteiger partial charge in [-0.15, -0.1) is 0 Å². The van der Waals surface area contributed by atoms with E-state index in [1.165, 1.54) is 0 Å². The summed E-state index contributed by atoms with van der Waals surface area (Å²) < 4.78 is 43.0. The first-order valence-electron chi connectivity index (χ1n) is 10.6. The third-order valence-electron chi connectivity index (χ3n) is 5.00. The Morgan fingerprint density at radius 3 is 2.16 bits per heavy atom. The van der Waals surface area contributed by atoms with E-state index in [0.29, 0.717) is 32.5 Å². The van der Waals surface area contributed by atoms with Crippen LogP contribution in [0.1, 0.15) is 56.0 Å². The van der Waals surface area contributed by atoms with Crippen molar-refractivity contribution in [1.82, 2.24) is 15.5 Å². The maximum absolute atomic E-state index is 12.6. The third-order valence-corrected chi connectivity index (χ3v) is 5.00. The summed E-state index contributed by atoms with van der Waals surface area (Å²) in [5, 5.41) is 5.31. The number of amides is 3. The van der Waals surface area contributed by atoms with Gasteiger partial charge in [0.05, 0.1) is 5.56 Å². The molecular weight excluding hydrogens is 427 g/mol. The highest BCUT2D eigenvalue weighted by molar-refractivity contribution is 5.94. The first-order chi connectivity index (χ1) is 14.8. The van der Waals surface area contributed by atoms with Crippen LogP contribution in [0.25, 0.3) is 0 Å². The molecular formula is C22H30F3N3O4. The van der Waals surface area contributed by atoms with Gasteiger partial charge in [-0.1, -0.05) is 0 Å². The molecule has 1 saturated heterocycles. The van der Waals surface area contributed by atoms with Crippen molar-refractivity contribution in [3.05, 3.63) is 35.4 Å². The van der Waals surface area contributed by atoms with E-state index < -0.39 is 29.3 Å². The van der Waals surface area contributed by atoms with E-state index in [-0.39, 0.29) is 30.4 Å². The molecule has 0 radical (unpaired) electrons. The summed E-state index contributed by atoms with van der Waals surface area (Å²) >= 11 is 0. The molecule has 0 unspecified atom stereocenters. The van der Waals surface area contributed by atoms with Crippen LogP contribution < -0.4 is 10.6 Å². The molecule has 0 atom stereocenters. The van der Waals surface area contributed by atoms with Crippen molar-refractivity contribution in [3.8, 4) is 0 Å². The van der Waals surface area contributed by atoms with Gasteiger partial charge in [0, 0.05) is 38.2 Å². The highest BCUT2D eigenvalue weighted by Gasteiger charge is 2.30. The van der Waals surface area contributed by atoms with Gasteiger partial charge in [-0.3, -0.25) is 9.59 Å². The smallest absolute Gasteiger partial charge is 0.416 e. The van der Waals surface area contributed by atoms with Gasteiger partial charge in [0.2, 0.25) is 5.91 Å². The van der Waals surface area contributed by atoms with Crippen molar-refractivity contribution >= 4 is 17.9 Å². The van der Waals surface area contributed by atoms with Crippen molar-refractivity contribution in [2.75, 3.05) is 26.2 Å². The number of ether oxygens (including phenoxy) is 1. The van der Waals surface area contributed by atoms with E-state index in [1.54, 1.807) is 25.7 Å². The van der Waals surface area contributed by atoms with Crippen LogP contribution in [0, 0.1) is 5.92 Å². The summed E-state index contributed by atoms with van der Waals surface area (Å²) in [7, 11) is 0. The minimum absolute atomic E-state index is 0.0618. The normalized spacial score (nSPS) is 15.2. The largest absolute Gasteiger partial charge is 0.444 e. The molecule has 0 aromatic heterocycles. The number of hydrogen-bond donors (Lipinski definition) is 2. The highest BCUT2D eigenvalue weighted by atomic mass is 19.4. The molecule has 10 heteroatoms. The van der Waals surface area contributed by atoms with Crippen molar-refractivity contribution in [1.29, 1.82) is 0 Å². The number of benzene rings is 1. The summed E-state index contributed by atoms with van der Waals surface area (Å²) in [6, 6.07) is 4.09. The predicted octanol–water partition coefficient (Wildman–Crippen LogP) is 3.59. The van der Waals surface area contributed by atoms with Crippen LogP contribution in [0.5, 0.6) is 0 Å². The molecule has 1 aliphatic rings. The van der Waals surface area contributed by atoms with Crippen LogP contribution in [-0.4, -0.2) is 54.6 Å². The molecule has 1 aromatic carbocycles. The predicted molar refractivity (Wildman–Crippen MR) is 112 cm³/mol. The van der Waals surface area contributed by atoms with E-state index in [4.69, 9.17) is 4.74 Å². The molecule has 32 heavy (non-hydrogen) atoms. The average molecular weight is 457 g/mol. The van der Waals surface area contributed by atoms with Crippen LogP contribution in [-0.2, 0) is 15.7 Å². The summed E-state index contributed by atoms with van der Waals surface area (Å²) in [5.74, 6) is -0.309. The highest BCUT2D eigenvalue weighted by Crippen LogP contribution is 2.29.